The maximum Gasteiger partial charge on any atom is 0.305 e. The van der Waals surface area contributed by atoms with Gasteiger partial charge in [-0.2, -0.15) is 0 Å². The summed E-state index contributed by atoms with van der Waals surface area (Å²) < 4.78 is 17.7. The number of thioether (sulfide) groups is 1. The molecule has 1 fully saturated rings. The SMILES string of the molecule is CCOc1cc(/C=C2\SC(=S)N(CCCC(=O)OC)C2=O)cc(Br)c1OCc1ccc(C)cc1. The third kappa shape index (κ3) is 6.84. The second-order valence-electron chi connectivity index (χ2n) is 7.55. The third-order valence-electron chi connectivity index (χ3n) is 5.00. The van der Waals surface area contributed by atoms with Gasteiger partial charge in [-0.3, -0.25) is 14.5 Å². The molecule has 34 heavy (non-hydrogen) atoms. The first-order valence-electron chi connectivity index (χ1n) is 10.8. The number of rotatable bonds is 10. The highest BCUT2D eigenvalue weighted by Crippen LogP contribution is 2.39. The smallest absolute Gasteiger partial charge is 0.305 e. The van der Waals surface area contributed by atoms with Crippen molar-refractivity contribution in [3.05, 3.63) is 62.5 Å². The summed E-state index contributed by atoms with van der Waals surface area (Å²) in [5, 5.41) is 0. The van der Waals surface area contributed by atoms with Gasteiger partial charge in [-0.25, -0.2) is 0 Å². The molecule has 6 nitrogen and oxygen atoms in total. The molecule has 0 aromatic heterocycles. The van der Waals surface area contributed by atoms with Crippen LogP contribution in [0, 0.1) is 6.92 Å². The van der Waals surface area contributed by atoms with E-state index in [4.69, 9.17) is 21.7 Å². The van der Waals surface area contributed by atoms with Gasteiger partial charge in [-0.05, 0) is 65.5 Å². The largest absolute Gasteiger partial charge is 0.490 e. The van der Waals surface area contributed by atoms with Crippen LogP contribution in [0.15, 0.2) is 45.8 Å². The number of ether oxygens (including phenoxy) is 3. The summed E-state index contributed by atoms with van der Waals surface area (Å²) in [5.74, 6) is 0.714. The fraction of sp³-hybridized carbons (Fsp3) is 0.320. The molecule has 1 heterocycles. The Kier molecular flexibility index (Phi) is 9.55. The minimum absolute atomic E-state index is 0.173. The van der Waals surface area contributed by atoms with Crippen LogP contribution in [0.25, 0.3) is 6.08 Å². The van der Waals surface area contributed by atoms with Crippen LogP contribution in [0.4, 0.5) is 0 Å². The van der Waals surface area contributed by atoms with Crippen molar-refractivity contribution in [2.24, 2.45) is 0 Å². The topological polar surface area (TPSA) is 65.1 Å². The zero-order chi connectivity index (χ0) is 24.7. The maximum atomic E-state index is 12.9. The number of aryl methyl sites for hydroxylation is 1. The number of methoxy groups -OCH3 is 1. The quantitative estimate of drug-likeness (QED) is 0.203. The van der Waals surface area contributed by atoms with E-state index in [1.165, 1.54) is 29.3 Å². The molecule has 9 heteroatoms. The molecule has 0 N–H and O–H groups in total. The van der Waals surface area contributed by atoms with Gasteiger partial charge < -0.3 is 14.2 Å². The highest BCUT2D eigenvalue weighted by Gasteiger charge is 2.31. The molecule has 0 bridgehead atoms. The van der Waals surface area contributed by atoms with Crippen LogP contribution in [-0.4, -0.2) is 41.4 Å². The second-order valence-corrected chi connectivity index (χ2v) is 10.1. The highest BCUT2D eigenvalue weighted by atomic mass is 79.9. The summed E-state index contributed by atoms with van der Waals surface area (Å²) >= 11 is 10.2. The first-order chi connectivity index (χ1) is 16.3. The van der Waals surface area contributed by atoms with Gasteiger partial charge in [0.05, 0.1) is 23.1 Å². The number of halogens is 1. The lowest BCUT2D eigenvalue weighted by molar-refractivity contribution is -0.141. The van der Waals surface area contributed by atoms with E-state index in [-0.39, 0.29) is 18.3 Å². The van der Waals surface area contributed by atoms with Crippen molar-refractivity contribution in [2.45, 2.75) is 33.3 Å². The summed E-state index contributed by atoms with van der Waals surface area (Å²) in [6.45, 7) is 5.20. The summed E-state index contributed by atoms with van der Waals surface area (Å²) in [4.78, 5) is 26.3. The van der Waals surface area contributed by atoms with Crippen molar-refractivity contribution in [3.8, 4) is 11.5 Å². The van der Waals surface area contributed by atoms with Gasteiger partial charge >= 0.3 is 5.97 Å². The fourth-order valence-electron chi connectivity index (χ4n) is 3.24. The van der Waals surface area contributed by atoms with E-state index in [2.05, 4.69) is 20.7 Å². The Balaban J connectivity index is 1.76. The summed E-state index contributed by atoms with van der Waals surface area (Å²) in [7, 11) is 1.35. The van der Waals surface area contributed by atoms with Gasteiger partial charge in [0.1, 0.15) is 10.9 Å². The Labute approximate surface area is 217 Å². The number of thiocarbonyl (C=S) groups is 1. The van der Waals surface area contributed by atoms with E-state index in [1.807, 2.05) is 50.2 Å². The van der Waals surface area contributed by atoms with Gasteiger partial charge in [0, 0.05) is 13.0 Å². The molecule has 1 amide bonds. The molecular weight excluding hydrogens is 538 g/mol. The first-order valence-corrected chi connectivity index (χ1v) is 12.8. The number of esters is 1. The lowest BCUT2D eigenvalue weighted by Crippen LogP contribution is -2.29. The normalized spacial score (nSPS) is 14.6. The molecule has 2 aromatic rings. The number of carbonyl (C=O) groups excluding carboxylic acids is 2. The minimum Gasteiger partial charge on any atom is -0.490 e. The zero-order valence-corrected chi connectivity index (χ0v) is 22.5. The minimum atomic E-state index is -0.307. The van der Waals surface area contributed by atoms with Gasteiger partial charge in [0.15, 0.2) is 11.5 Å². The molecule has 2 aromatic carbocycles. The van der Waals surface area contributed by atoms with Crippen LogP contribution in [0.1, 0.15) is 36.5 Å². The van der Waals surface area contributed by atoms with E-state index in [0.29, 0.717) is 46.9 Å². The molecule has 180 valence electrons. The highest BCUT2D eigenvalue weighted by molar-refractivity contribution is 9.10. The van der Waals surface area contributed by atoms with E-state index < -0.39 is 0 Å². The standard InChI is InChI=1S/C25H26BrNO5S2/c1-4-31-20-13-18(12-19(26)23(20)32-15-17-9-7-16(2)8-10-17)14-21-24(29)27(25(33)34-21)11-5-6-22(28)30-3/h7-10,12-14H,4-6,11,15H2,1-3H3/b21-14-. The number of hydrogen-bond donors (Lipinski definition) is 0. The lowest BCUT2D eigenvalue weighted by Gasteiger charge is -2.15. The first kappa shape index (κ1) is 26.2. The predicted octanol–water partition coefficient (Wildman–Crippen LogP) is 5.89. The fourth-order valence-corrected chi connectivity index (χ4v) is 5.12. The maximum absolute atomic E-state index is 12.9. The monoisotopic (exact) mass is 563 g/mol. The van der Waals surface area contributed by atoms with Crippen molar-refractivity contribution >= 4 is 62.2 Å². The molecule has 1 saturated heterocycles. The lowest BCUT2D eigenvalue weighted by atomic mass is 10.1. The van der Waals surface area contributed by atoms with Crippen molar-refractivity contribution in [1.82, 2.24) is 4.90 Å². The summed E-state index contributed by atoms with van der Waals surface area (Å²) in [6.07, 6.45) is 2.51. The number of benzene rings is 2. The van der Waals surface area contributed by atoms with Crippen molar-refractivity contribution < 1.29 is 23.8 Å². The number of hydrogen-bond acceptors (Lipinski definition) is 7. The van der Waals surface area contributed by atoms with E-state index in [0.717, 1.165) is 15.6 Å². The van der Waals surface area contributed by atoms with Gasteiger partial charge in [-0.15, -0.1) is 0 Å². The Morgan fingerprint density at radius 1 is 1.21 bits per heavy atom. The molecule has 0 unspecified atom stereocenters. The molecule has 0 saturated carbocycles. The second kappa shape index (κ2) is 12.4. The molecule has 0 radical (unpaired) electrons. The predicted molar refractivity (Wildman–Crippen MR) is 142 cm³/mol. The molecular formula is C25H26BrNO5S2. The summed E-state index contributed by atoms with van der Waals surface area (Å²) in [5.41, 5.74) is 3.03. The van der Waals surface area contributed by atoms with Crippen LogP contribution in [0.3, 0.4) is 0 Å². The molecule has 0 atom stereocenters. The van der Waals surface area contributed by atoms with Gasteiger partial charge in [0.2, 0.25) is 0 Å². The molecule has 3 rings (SSSR count). The van der Waals surface area contributed by atoms with Crippen molar-refractivity contribution in [3.63, 3.8) is 0 Å². The van der Waals surface area contributed by atoms with E-state index in [9.17, 15) is 9.59 Å². The van der Waals surface area contributed by atoms with Gasteiger partial charge in [-0.1, -0.05) is 53.8 Å². The molecule has 1 aliphatic heterocycles. The van der Waals surface area contributed by atoms with Crippen LogP contribution in [0.2, 0.25) is 0 Å². The zero-order valence-electron chi connectivity index (χ0n) is 19.3. The molecule has 1 aliphatic rings. The van der Waals surface area contributed by atoms with Crippen LogP contribution in [0.5, 0.6) is 11.5 Å². The third-order valence-corrected chi connectivity index (χ3v) is 6.96. The van der Waals surface area contributed by atoms with Crippen LogP contribution >= 0.6 is 39.9 Å². The Bertz CT molecular complexity index is 1100. The van der Waals surface area contributed by atoms with Crippen LogP contribution in [-0.2, 0) is 20.9 Å². The Hall–Kier alpha value is -2.36. The average molecular weight is 565 g/mol. The Morgan fingerprint density at radius 3 is 2.62 bits per heavy atom. The summed E-state index contributed by atoms with van der Waals surface area (Å²) in [6, 6.07) is 11.9. The molecule has 0 aliphatic carbocycles. The average Bonchev–Trinajstić information content (AvgIpc) is 3.07. The van der Waals surface area contributed by atoms with Gasteiger partial charge in [0.25, 0.3) is 5.91 Å². The number of amides is 1. The van der Waals surface area contributed by atoms with E-state index in [1.54, 1.807) is 6.08 Å². The van der Waals surface area contributed by atoms with Crippen molar-refractivity contribution in [2.75, 3.05) is 20.3 Å². The number of carbonyl (C=O) groups is 2. The molecule has 0 spiro atoms. The van der Waals surface area contributed by atoms with E-state index >= 15 is 0 Å². The number of nitrogens with zero attached hydrogens (tertiary/aromatic N) is 1. The van der Waals surface area contributed by atoms with Crippen molar-refractivity contribution in [1.29, 1.82) is 0 Å². The van der Waals surface area contributed by atoms with Crippen LogP contribution < -0.4 is 9.47 Å². The Morgan fingerprint density at radius 2 is 1.94 bits per heavy atom.